The molecular weight excluding hydrogens is 420 g/mol. The normalized spacial score (nSPS) is 16.2. The summed E-state index contributed by atoms with van der Waals surface area (Å²) in [6, 6.07) is 13.5. The summed E-state index contributed by atoms with van der Waals surface area (Å²) in [5.74, 6) is 2.49. The number of para-hydroxylation sites is 1. The second-order valence-corrected chi connectivity index (χ2v) is 8.27. The van der Waals surface area contributed by atoms with Gasteiger partial charge < -0.3 is 14.3 Å². The highest BCUT2D eigenvalue weighted by Crippen LogP contribution is 2.39. The largest absolute Gasteiger partial charge is 0.353 e. The van der Waals surface area contributed by atoms with Gasteiger partial charge in [0.05, 0.1) is 11.9 Å². The van der Waals surface area contributed by atoms with E-state index in [1.54, 1.807) is 6.20 Å². The summed E-state index contributed by atoms with van der Waals surface area (Å²) in [6.45, 7) is 2.57. The first kappa shape index (κ1) is 19.6. The van der Waals surface area contributed by atoms with Gasteiger partial charge in [-0.1, -0.05) is 23.4 Å². The molecule has 1 aliphatic carbocycles. The minimum atomic E-state index is -0.108. The quantitative estimate of drug-likeness (QED) is 0.464. The van der Waals surface area contributed by atoms with E-state index in [4.69, 9.17) is 4.52 Å². The molecule has 0 bridgehead atoms. The lowest BCUT2D eigenvalue weighted by molar-refractivity contribution is 0.0740. The maximum Gasteiger partial charge on any atom is 0.276 e. The maximum atomic E-state index is 12.9. The van der Waals surface area contributed by atoms with Crippen LogP contribution in [0.15, 0.2) is 59.4 Å². The van der Waals surface area contributed by atoms with Gasteiger partial charge in [0.15, 0.2) is 5.69 Å². The summed E-state index contributed by atoms with van der Waals surface area (Å²) >= 11 is 0. The van der Waals surface area contributed by atoms with Crippen LogP contribution in [0.4, 0.5) is 5.82 Å². The van der Waals surface area contributed by atoms with Crippen molar-refractivity contribution in [2.24, 2.45) is 0 Å². The van der Waals surface area contributed by atoms with E-state index in [2.05, 4.69) is 30.2 Å². The Morgan fingerprint density at radius 2 is 1.79 bits per heavy atom. The average molecular weight is 442 g/mol. The zero-order chi connectivity index (χ0) is 22.2. The molecule has 0 spiro atoms. The van der Waals surface area contributed by atoms with Gasteiger partial charge in [-0.05, 0) is 37.1 Å². The number of piperazine rings is 1. The maximum absolute atomic E-state index is 12.9. The predicted molar refractivity (Wildman–Crippen MR) is 119 cm³/mol. The Morgan fingerprint density at radius 1 is 0.970 bits per heavy atom. The van der Waals surface area contributed by atoms with E-state index in [1.165, 1.54) is 11.0 Å². The summed E-state index contributed by atoms with van der Waals surface area (Å²) in [6.07, 6.45) is 5.54. The van der Waals surface area contributed by atoms with Crippen LogP contribution in [0.1, 0.15) is 35.1 Å². The molecule has 2 aliphatic rings. The van der Waals surface area contributed by atoms with Crippen molar-refractivity contribution in [3.05, 3.63) is 66.4 Å². The van der Waals surface area contributed by atoms with Crippen molar-refractivity contribution in [2.45, 2.75) is 18.8 Å². The molecule has 6 rings (SSSR count). The SMILES string of the molecule is O=C(c1cnn(-c2ccccc2)n1)N1CCN(c2ccc(-c3noc(C4CC4)n3)cn2)CC1. The highest BCUT2D eigenvalue weighted by atomic mass is 16.5. The van der Waals surface area contributed by atoms with Crippen molar-refractivity contribution in [2.75, 3.05) is 31.1 Å². The van der Waals surface area contributed by atoms with Gasteiger partial charge in [-0.25, -0.2) is 4.98 Å². The first-order valence-electron chi connectivity index (χ1n) is 11.1. The smallest absolute Gasteiger partial charge is 0.276 e. The van der Waals surface area contributed by atoms with Gasteiger partial charge in [-0.15, -0.1) is 5.10 Å². The van der Waals surface area contributed by atoms with Gasteiger partial charge in [0.1, 0.15) is 5.82 Å². The van der Waals surface area contributed by atoms with Crippen LogP contribution in [0, 0.1) is 0 Å². The van der Waals surface area contributed by atoms with E-state index in [-0.39, 0.29) is 5.91 Å². The van der Waals surface area contributed by atoms with Crippen LogP contribution in [0.5, 0.6) is 0 Å². The van der Waals surface area contributed by atoms with Gasteiger partial charge in [-0.3, -0.25) is 4.79 Å². The van der Waals surface area contributed by atoms with E-state index >= 15 is 0 Å². The van der Waals surface area contributed by atoms with Crippen LogP contribution >= 0.6 is 0 Å². The number of carbonyl (C=O) groups excluding carboxylic acids is 1. The fourth-order valence-corrected chi connectivity index (χ4v) is 3.90. The van der Waals surface area contributed by atoms with Gasteiger partial charge in [0.25, 0.3) is 5.91 Å². The van der Waals surface area contributed by atoms with Crippen molar-refractivity contribution in [3.8, 4) is 17.1 Å². The van der Waals surface area contributed by atoms with Gasteiger partial charge in [-0.2, -0.15) is 14.9 Å². The number of aromatic nitrogens is 6. The molecule has 4 heterocycles. The number of anilines is 1. The van der Waals surface area contributed by atoms with Crippen LogP contribution in [-0.4, -0.2) is 67.1 Å². The van der Waals surface area contributed by atoms with Crippen molar-refractivity contribution in [3.63, 3.8) is 0 Å². The molecule has 0 N–H and O–H groups in total. The molecule has 1 aliphatic heterocycles. The highest BCUT2D eigenvalue weighted by molar-refractivity contribution is 5.92. The van der Waals surface area contributed by atoms with E-state index in [0.717, 1.165) is 35.8 Å². The van der Waals surface area contributed by atoms with Crippen LogP contribution in [0.25, 0.3) is 17.1 Å². The average Bonchev–Trinajstić information content (AvgIpc) is 3.40. The summed E-state index contributed by atoms with van der Waals surface area (Å²) in [4.78, 5) is 27.4. The Balaban J connectivity index is 1.08. The second-order valence-electron chi connectivity index (χ2n) is 8.27. The number of benzene rings is 1. The molecule has 1 amide bonds. The van der Waals surface area contributed by atoms with Crippen LogP contribution in [0.3, 0.4) is 0 Å². The van der Waals surface area contributed by atoms with Crippen molar-refractivity contribution >= 4 is 11.7 Å². The number of nitrogens with zero attached hydrogens (tertiary/aromatic N) is 8. The van der Waals surface area contributed by atoms with Crippen LogP contribution in [-0.2, 0) is 0 Å². The minimum absolute atomic E-state index is 0.108. The number of amides is 1. The Morgan fingerprint density at radius 3 is 2.52 bits per heavy atom. The van der Waals surface area contributed by atoms with Crippen molar-refractivity contribution in [1.29, 1.82) is 0 Å². The molecule has 3 aromatic heterocycles. The lowest BCUT2D eigenvalue weighted by atomic mass is 10.2. The molecule has 1 aromatic carbocycles. The molecule has 2 fully saturated rings. The molecule has 10 heteroatoms. The lowest BCUT2D eigenvalue weighted by Gasteiger charge is -2.35. The fraction of sp³-hybridized carbons (Fsp3) is 0.304. The molecule has 1 saturated carbocycles. The standard InChI is InChI=1S/C23H22N8O2/c32-23(19-15-25-31(27-19)18-4-2-1-3-5-18)30-12-10-29(11-13-30)20-9-8-17(14-24-20)21-26-22(33-28-21)16-6-7-16/h1-5,8-9,14-16H,6-7,10-13H2. The van der Waals surface area contributed by atoms with Gasteiger partial charge in [0, 0.05) is 43.9 Å². The van der Waals surface area contributed by atoms with Crippen molar-refractivity contribution in [1.82, 2.24) is 35.0 Å². The first-order chi connectivity index (χ1) is 16.2. The molecule has 0 radical (unpaired) electrons. The first-order valence-corrected chi connectivity index (χ1v) is 11.1. The molecule has 1 saturated heterocycles. The lowest BCUT2D eigenvalue weighted by Crippen LogP contribution is -2.49. The molecule has 4 aromatic rings. The number of hydrogen-bond donors (Lipinski definition) is 0. The Labute approximate surface area is 189 Å². The highest BCUT2D eigenvalue weighted by Gasteiger charge is 2.30. The Hall–Kier alpha value is -4.08. The summed E-state index contributed by atoms with van der Waals surface area (Å²) in [5.41, 5.74) is 2.01. The molecule has 0 atom stereocenters. The Kier molecular flexibility index (Phi) is 4.82. The number of carbonyl (C=O) groups is 1. The molecule has 10 nitrogen and oxygen atoms in total. The third kappa shape index (κ3) is 3.95. The predicted octanol–water partition coefficient (Wildman–Crippen LogP) is 2.55. The van der Waals surface area contributed by atoms with E-state index < -0.39 is 0 Å². The third-order valence-electron chi connectivity index (χ3n) is 5.96. The monoisotopic (exact) mass is 442 g/mol. The van der Waals surface area contributed by atoms with Gasteiger partial charge in [0.2, 0.25) is 11.7 Å². The van der Waals surface area contributed by atoms with Gasteiger partial charge >= 0.3 is 0 Å². The minimum Gasteiger partial charge on any atom is -0.353 e. The third-order valence-corrected chi connectivity index (χ3v) is 5.96. The summed E-state index contributed by atoms with van der Waals surface area (Å²) in [7, 11) is 0. The molecule has 0 unspecified atom stereocenters. The summed E-state index contributed by atoms with van der Waals surface area (Å²) < 4.78 is 5.34. The zero-order valence-electron chi connectivity index (χ0n) is 17.9. The second kappa shape index (κ2) is 8.12. The zero-order valence-corrected chi connectivity index (χ0v) is 17.9. The van der Waals surface area contributed by atoms with E-state index in [9.17, 15) is 4.79 Å². The Bertz CT molecular complexity index is 1260. The molecule has 166 valence electrons. The molecule has 33 heavy (non-hydrogen) atoms. The van der Waals surface area contributed by atoms with E-state index in [0.29, 0.717) is 43.6 Å². The number of rotatable bonds is 5. The van der Waals surface area contributed by atoms with E-state index in [1.807, 2.05) is 47.4 Å². The summed E-state index contributed by atoms with van der Waals surface area (Å²) in [5, 5.41) is 12.7. The van der Waals surface area contributed by atoms with Crippen LogP contribution < -0.4 is 4.90 Å². The van der Waals surface area contributed by atoms with Crippen LogP contribution in [0.2, 0.25) is 0 Å². The van der Waals surface area contributed by atoms with Crippen molar-refractivity contribution < 1.29 is 9.32 Å². The number of hydrogen-bond acceptors (Lipinski definition) is 8. The fourth-order valence-electron chi connectivity index (χ4n) is 3.90. The topological polar surface area (TPSA) is 106 Å². The molecular formula is C23H22N8O2. The number of pyridine rings is 1.